The molecule has 0 aromatic rings. The molecule has 5 heteroatoms. The van der Waals surface area contributed by atoms with Crippen LogP contribution in [0.1, 0.15) is 45.4 Å². The van der Waals surface area contributed by atoms with Gasteiger partial charge in [-0.3, -0.25) is 9.59 Å². The highest BCUT2D eigenvalue weighted by molar-refractivity contribution is 5.90. The Labute approximate surface area is 127 Å². The number of hydrogen-bond donors (Lipinski definition) is 1. The average molecular weight is 293 g/mol. The molecule has 1 atom stereocenters. The van der Waals surface area contributed by atoms with Gasteiger partial charge in [-0.2, -0.15) is 0 Å². The Morgan fingerprint density at radius 1 is 1.05 bits per heavy atom. The lowest BCUT2D eigenvalue weighted by Crippen LogP contribution is -2.55. The molecule has 2 amide bonds. The SMILES string of the molecule is CC1(C(=O)N2CCCC2C(=O)N2CCNCC2)CCCC1. The van der Waals surface area contributed by atoms with E-state index in [1.54, 1.807) is 0 Å². The third-order valence-corrected chi connectivity index (χ3v) is 5.45. The van der Waals surface area contributed by atoms with Crippen molar-refractivity contribution >= 4 is 11.8 Å². The van der Waals surface area contributed by atoms with Crippen molar-refractivity contribution in [2.75, 3.05) is 32.7 Å². The first-order chi connectivity index (χ1) is 10.1. The molecule has 1 aliphatic carbocycles. The predicted octanol–water partition coefficient (Wildman–Crippen LogP) is 0.989. The number of likely N-dealkylation sites (tertiary alicyclic amines) is 1. The number of piperazine rings is 1. The van der Waals surface area contributed by atoms with E-state index in [9.17, 15) is 9.59 Å². The predicted molar refractivity (Wildman–Crippen MR) is 80.8 cm³/mol. The zero-order valence-electron chi connectivity index (χ0n) is 13.1. The summed E-state index contributed by atoms with van der Waals surface area (Å²) in [7, 11) is 0. The summed E-state index contributed by atoms with van der Waals surface area (Å²) in [6, 6.07) is -0.201. The third-order valence-electron chi connectivity index (χ3n) is 5.45. The molecule has 1 unspecified atom stereocenters. The molecule has 2 heterocycles. The first kappa shape index (κ1) is 14.8. The molecular weight excluding hydrogens is 266 g/mol. The topological polar surface area (TPSA) is 52.7 Å². The fourth-order valence-electron chi connectivity index (χ4n) is 4.08. The maximum atomic E-state index is 12.9. The monoisotopic (exact) mass is 293 g/mol. The van der Waals surface area contributed by atoms with Gasteiger partial charge in [0.05, 0.1) is 0 Å². The minimum Gasteiger partial charge on any atom is -0.338 e. The number of nitrogens with one attached hydrogen (secondary N) is 1. The minimum atomic E-state index is -0.216. The van der Waals surface area contributed by atoms with Gasteiger partial charge in [0.15, 0.2) is 0 Å². The van der Waals surface area contributed by atoms with E-state index in [0.29, 0.717) is 0 Å². The number of amides is 2. The molecule has 1 saturated carbocycles. The standard InChI is InChI=1S/C16H27N3O2/c1-16(6-2-3-7-16)15(21)19-10-4-5-13(19)14(20)18-11-8-17-9-12-18/h13,17H,2-12H2,1H3. The summed E-state index contributed by atoms with van der Waals surface area (Å²) < 4.78 is 0. The second-order valence-electron chi connectivity index (χ2n) is 7.00. The van der Waals surface area contributed by atoms with Crippen molar-refractivity contribution in [1.29, 1.82) is 0 Å². The van der Waals surface area contributed by atoms with E-state index < -0.39 is 0 Å². The highest BCUT2D eigenvalue weighted by Gasteiger charge is 2.45. The Kier molecular flexibility index (Phi) is 4.20. The molecule has 0 aromatic heterocycles. The van der Waals surface area contributed by atoms with Gasteiger partial charge in [-0.15, -0.1) is 0 Å². The van der Waals surface area contributed by atoms with Gasteiger partial charge in [0, 0.05) is 38.1 Å². The van der Waals surface area contributed by atoms with Crippen molar-refractivity contribution < 1.29 is 9.59 Å². The Morgan fingerprint density at radius 2 is 1.71 bits per heavy atom. The van der Waals surface area contributed by atoms with Crippen molar-refractivity contribution in [3.8, 4) is 0 Å². The molecule has 0 bridgehead atoms. The van der Waals surface area contributed by atoms with Crippen molar-refractivity contribution in [2.45, 2.75) is 51.5 Å². The van der Waals surface area contributed by atoms with Crippen molar-refractivity contribution in [3.63, 3.8) is 0 Å². The summed E-state index contributed by atoms with van der Waals surface area (Å²) >= 11 is 0. The molecule has 2 saturated heterocycles. The van der Waals surface area contributed by atoms with E-state index >= 15 is 0 Å². The maximum Gasteiger partial charge on any atom is 0.245 e. The first-order valence-electron chi connectivity index (χ1n) is 8.42. The normalized spacial score (nSPS) is 28.9. The van der Waals surface area contributed by atoms with Crippen LogP contribution in [0.15, 0.2) is 0 Å². The molecular formula is C16H27N3O2. The molecule has 0 spiro atoms. The maximum absolute atomic E-state index is 12.9. The zero-order chi connectivity index (χ0) is 14.9. The molecule has 1 N–H and O–H groups in total. The summed E-state index contributed by atoms with van der Waals surface area (Å²) in [5.74, 6) is 0.398. The Hall–Kier alpha value is -1.10. The summed E-state index contributed by atoms with van der Waals surface area (Å²) in [6.07, 6.45) is 6.06. The summed E-state index contributed by atoms with van der Waals surface area (Å²) in [5.41, 5.74) is -0.216. The lowest BCUT2D eigenvalue weighted by molar-refractivity contribution is -0.149. The fraction of sp³-hybridized carbons (Fsp3) is 0.875. The van der Waals surface area contributed by atoms with Crippen LogP contribution in [0.5, 0.6) is 0 Å². The molecule has 0 radical (unpaired) electrons. The van der Waals surface area contributed by atoms with Crippen LogP contribution in [-0.2, 0) is 9.59 Å². The van der Waals surface area contributed by atoms with Gasteiger partial charge in [0.2, 0.25) is 11.8 Å². The highest BCUT2D eigenvalue weighted by Crippen LogP contribution is 2.40. The van der Waals surface area contributed by atoms with Crippen LogP contribution in [0.2, 0.25) is 0 Å². The number of nitrogens with zero attached hydrogens (tertiary/aromatic N) is 2. The molecule has 2 aliphatic heterocycles. The van der Waals surface area contributed by atoms with Crippen molar-refractivity contribution in [3.05, 3.63) is 0 Å². The van der Waals surface area contributed by atoms with Crippen LogP contribution < -0.4 is 5.32 Å². The number of hydrogen-bond acceptors (Lipinski definition) is 3. The van der Waals surface area contributed by atoms with Gasteiger partial charge in [-0.05, 0) is 25.7 Å². The third kappa shape index (κ3) is 2.80. The molecule has 21 heavy (non-hydrogen) atoms. The van der Waals surface area contributed by atoms with E-state index in [2.05, 4.69) is 12.2 Å². The second-order valence-corrected chi connectivity index (χ2v) is 7.00. The summed E-state index contributed by atoms with van der Waals surface area (Å²) in [4.78, 5) is 29.5. The van der Waals surface area contributed by atoms with Crippen LogP contribution in [0, 0.1) is 5.41 Å². The van der Waals surface area contributed by atoms with E-state index in [1.807, 2.05) is 9.80 Å². The lowest BCUT2D eigenvalue weighted by Gasteiger charge is -2.36. The number of rotatable bonds is 2. The summed E-state index contributed by atoms with van der Waals surface area (Å²) in [6.45, 7) is 6.13. The highest BCUT2D eigenvalue weighted by atomic mass is 16.2. The van der Waals surface area contributed by atoms with Crippen LogP contribution in [0.3, 0.4) is 0 Å². The summed E-state index contributed by atoms with van der Waals surface area (Å²) in [5, 5.41) is 3.27. The molecule has 3 rings (SSSR count). The smallest absolute Gasteiger partial charge is 0.245 e. The average Bonchev–Trinajstić information content (AvgIpc) is 3.16. The first-order valence-corrected chi connectivity index (χ1v) is 8.42. The van der Waals surface area contributed by atoms with Gasteiger partial charge < -0.3 is 15.1 Å². The molecule has 5 nitrogen and oxygen atoms in total. The quantitative estimate of drug-likeness (QED) is 0.826. The number of carbonyl (C=O) groups is 2. The molecule has 118 valence electrons. The second kappa shape index (κ2) is 5.95. The zero-order valence-corrected chi connectivity index (χ0v) is 13.1. The van der Waals surface area contributed by atoms with E-state index in [0.717, 1.165) is 71.2 Å². The Bertz CT molecular complexity index is 412. The van der Waals surface area contributed by atoms with Gasteiger partial charge in [-0.25, -0.2) is 0 Å². The number of carbonyl (C=O) groups excluding carboxylic acids is 2. The van der Waals surface area contributed by atoms with E-state index in [4.69, 9.17) is 0 Å². The van der Waals surface area contributed by atoms with Crippen LogP contribution in [-0.4, -0.2) is 60.4 Å². The van der Waals surface area contributed by atoms with Gasteiger partial charge in [0.1, 0.15) is 6.04 Å². The van der Waals surface area contributed by atoms with E-state index in [1.165, 1.54) is 0 Å². The van der Waals surface area contributed by atoms with Gasteiger partial charge >= 0.3 is 0 Å². The van der Waals surface area contributed by atoms with Crippen LogP contribution in [0.4, 0.5) is 0 Å². The van der Waals surface area contributed by atoms with Crippen LogP contribution in [0.25, 0.3) is 0 Å². The largest absolute Gasteiger partial charge is 0.338 e. The Morgan fingerprint density at radius 3 is 2.38 bits per heavy atom. The van der Waals surface area contributed by atoms with Gasteiger partial charge in [0.25, 0.3) is 0 Å². The van der Waals surface area contributed by atoms with Gasteiger partial charge in [-0.1, -0.05) is 19.8 Å². The lowest BCUT2D eigenvalue weighted by atomic mass is 9.87. The van der Waals surface area contributed by atoms with E-state index in [-0.39, 0.29) is 23.3 Å². The molecule has 0 aromatic carbocycles. The van der Waals surface area contributed by atoms with Crippen molar-refractivity contribution in [1.82, 2.24) is 15.1 Å². The fourth-order valence-corrected chi connectivity index (χ4v) is 4.08. The van der Waals surface area contributed by atoms with Crippen LogP contribution >= 0.6 is 0 Å². The Balaban J connectivity index is 1.69. The molecule has 3 aliphatic rings. The van der Waals surface area contributed by atoms with Crippen molar-refractivity contribution in [2.24, 2.45) is 5.41 Å². The molecule has 3 fully saturated rings. The minimum absolute atomic E-state index is 0.170.